The lowest BCUT2D eigenvalue weighted by atomic mass is 9.46. The highest BCUT2D eigenvalue weighted by molar-refractivity contribution is 6.10. The van der Waals surface area contributed by atoms with Crippen LogP contribution in [-0.2, 0) is 9.59 Å². The molecule has 0 aromatic carbocycles. The molecule has 22 heavy (non-hydrogen) atoms. The standard InChI is InChI=1S/C18H14N2O2/c19-7-17-11-3-4-12(6-11)18(17,8-20)16(22)14-10-2-1-9(5-10)13(14)15(17)21/h1-4,9-14H,5-6H2/t9-,10+,11-,12-,13+,14+,17-,18+/m0/s1. The van der Waals surface area contributed by atoms with Crippen molar-refractivity contribution in [1.29, 1.82) is 10.5 Å². The first-order valence-electron chi connectivity index (χ1n) is 7.89. The summed E-state index contributed by atoms with van der Waals surface area (Å²) in [6.07, 6.45) is 9.24. The summed E-state index contributed by atoms with van der Waals surface area (Å²) in [5.74, 6) is -1.41. The lowest BCUT2D eigenvalue weighted by Gasteiger charge is -2.49. The van der Waals surface area contributed by atoms with Crippen LogP contribution in [0.4, 0.5) is 0 Å². The normalized spacial score (nSPS) is 55.9. The molecule has 4 heteroatoms. The van der Waals surface area contributed by atoms with Crippen LogP contribution in [0.25, 0.3) is 0 Å². The predicted octanol–water partition coefficient (Wildman–Crippen LogP) is 1.80. The van der Waals surface area contributed by atoms with Gasteiger partial charge >= 0.3 is 0 Å². The Morgan fingerprint density at radius 2 is 1.27 bits per heavy atom. The van der Waals surface area contributed by atoms with Gasteiger partial charge in [-0.05, 0) is 24.7 Å². The van der Waals surface area contributed by atoms with E-state index in [9.17, 15) is 20.1 Å². The molecule has 0 unspecified atom stereocenters. The van der Waals surface area contributed by atoms with Crippen LogP contribution < -0.4 is 0 Å². The Balaban J connectivity index is 1.82. The fourth-order valence-corrected chi connectivity index (χ4v) is 6.20. The molecule has 108 valence electrons. The van der Waals surface area contributed by atoms with Crippen LogP contribution in [0, 0.1) is 69.0 Å². The van der Waals surface area contributed by atoms with Crippen molar-refractivity contribution in [3.8, 4) is 12.1 Å². The van der Waals surface area contributed by atoms with E-state index in [0.717, 1.165) is 6.42 Å². The summed E-state index contributed by atoms with van der Waals surface area (Å²) in [5, 5.41) is 19.8. The molecule has 0 saturated heterocycles. The number of allylic oxidation sites excluding steroid dienone is 4. The third-order valence-corrected chi connectivity index (χ3v) is 7.01. The molecule has 4 bridgehead atoms. The molecule has 5 aliphatic carbocycles. The van der Waals surface area contributed by atoms with Crippen molar-refractivity contribution in [1.82, 2.24) is 0 Å². The van der Waals surface area contributed by atoms with Gasteiger partial charge in [-0.25, -0.2) is 0 Å². The van der Waals surface area contributed by atoms with Crippen LogP contribution in [0.15, 0.2) is 24.3 Å². The molecule has 0 N–H and O–H groups in total. The second kappa shape index (κ2) is 3.41. The molecule has 0 aromatic rings. The number of nitrogens with zero attached hydrogens (tertiary/aromatic N) is 2. The summed E-state index contributed by atoms with van der Waals surface area (Å²) in [6, 6.07) is 4.37. The Bertz CT molecular complexity index is 720. The van der Waals surface area contributed by atoms with Crippen LogP contribution in [0.2, 0.25) is 0 Å². The van der Waals surface area contributed by atoms with E-state index in [4.69, 9.17) is 0 Å². The smallest absolute Gasteiger partial charge is 0.160 e. The van der Waals surface area contributed by atoms with Crippen LogP contribution >= 0.6 is 0 Å². The zero-order valence-corrected chi connectivity index (χ0v) is 11.9. The molecule has 5 rings (SSSR count). The van der Waals surface area contributed by atoms with Gasteiger partial charge in [0.25, 0.3) is 0 Å². The van der Waals surface area contributed by atoms with Crippen molar-refractivity contribution in [2.24, 2.45) is 46.3 Å². The average Bonchev–Trinajstić information content (AvgIpc) is 3.29. The van der Waals surface area contributed by atoms with E-state index in [1.807, 2.05) is 24.3 Å². The minimum absolute atomic E-state index is 0.0801. The van der Waals surface area contributed by atoms with Crippen molar-refractivity contribution < 1.29 is 9.59 Å². The Labute approximate surface area is 128 Å². The Hall–Kier alpha value is -2.20. The van der Waals surface area contributed by atoms with Gasteiger partial charge in [0.05, 0.1) is 12.1 Å². The lowest BCUT2D eigenvalue weighted by Crippen LogP contribution is -2.63. The van der Waals surface area contributed by atoms with E-state index < -0.39 is 10.8 Å². The van der Waals surface area contributed by atoms with Gasteiger partial charge in [-0.3, -0.25) is 9.59 Å². The van der Waals surface area contributed by atoms with Gasteiger partial charge in [-0.1, -0.05) is 24.3 Å². The van der Waals surface area contributed by atoms with Gasteiger partial charge in [0.15, 0.2) is 11.6 Å². The quantitative estimate of drug-likeness (QED) is 0.637. The fourth-order valence-electron chi connectivity index (χ4n) is 6.20. The van der Waals surface area contributed by atoms with Crippen molar-refractivity contribution in [2.45, 2.75) is 12.8 Å². The number of fused-ring (bicyclic) bond motifs is 10. The minimum Gasteiger partial charge on any atom is -0.297 e. The topological polar surface area (TPSA) is 81.7 Å². The molecule has 0 aliphatic heterocycles. The molecule has 4 nitrogen and oxygen atoms in total. The fraction of sp³-hybridized carbons (Fsp3) is 0.556. The Morgan fingerprint density at radius 1 is 0.818 bits per heavy atom. The Kier molecular flexibility index (Phi) is 1.91. The molecule has 0 amide bonds. The molecule has 0 heterocycles. The second-order valence-electron chi connectivity index (χ2n) is 7.40. The van der Waals surface area contributed by atoms with Gasteiger partial charge in [-0.2, -0.15) is 10.5 Å². The van der Waals surface area contributed by atoms with Crippen LogP contribution in [0.5, 0.6) is 0 Å². The van der Waals surface area contributed by atoms with Gasteiger partial charge < -0.3 is 0 Å². The largest absolute Gasteiger partial charge is 0.297 e. The molecule has 0 aromatic heterocycles. The highest BCUT2D eigenvalue weighted by atomic mass is 16.1. The maximum atomic E-state index is 13.3. The van der Waals surface area contributed by atoms with Crippen LogP contribution in [0.3, 0.4) is 0 Å². The number of carbonyl (C=O) groups is 2. The van der Waals surface area contributed by atoms with Gasteiger partial charge in [0, 0.05) is 23.7 Å². The SMILES string of the molecule is N#C[C@@]12C(=O)[C@H]3[C@H](C(=O)[C@]1(C#N)[C@H]1C=C[C@H]2C1)[C@H]1C=C[C@@H]3C1. The number of ketones is 2. The molecule has 8 atom stereocenters. The lowest BCUT2D eigenvalue weighted by molar-refractivity contribution is -0.158. The molecule has 0 spiro atoms. The maximum absolute atomic E-state index is 13.3. The summed E-state index contributed by atoms with van der Waals surface area (Å²) in [6.45, 7) is 0. The first-order valence-corrected chi connectivity index (χ1v) is 7.89. The van der Waals surface area contributed by atoms with E-state index in [2.05, 4.69) is 12.1 Å². The van der Waals surface area contributed by atoms with E-state index >= 15 is 0 Å². The molecule has 0 radical (unpaired) electrons. The predicted molar refractivity (Wildman–Crippen MR) is 74.6 cm³/mol. The number of carbonyl (C=O) groups excluding carboxylic acids is 2. The van der Waals surface area contributed by atoms with Crippen molar-refractivity contribution in [2.75, 3.05) is 0 Å². The van der Waals surface area contributed by atoms with E-state index in [1.54, 1.807) is 0 Å². The third-order valence-electron chi connectivity index (χ3n) is 7.01. The molecule has 3 saturated carbocycles. The summed E-state index contributed by atoms with van der Waals surface area (Å²) < 4.78 is 0. The van der Waals surface area contributed by atoms with Crippen molar-refractivity contribution in [3.63, 3.8) is 0 Å². The van der Waals surface area contributed by atoms with Crippen LogP contribution in [0.1, 0.15) is 12.8 Å². The second-order valence-corrected chi connectivity index (χ2v) is 7.40. The number of Topliss-reactive ketones (excluding diaryl/α,β-unsaturated/α-hetero) is 2. The van der Waals surface area contributed by atoms with E-state index in [-0.39, 0.29) is 47.1 Å². The number of hydrogen-bond acceptors (Lipinski definition) is 4. The zero-order valence-electron chi connectivity index (χ0n) is 11.9. The van der Waals surface area contributed by atoms with Crippen molar-refractivity contribution in [3.05, 3.63) is 24.3 Å². The molecule has 5 aliphatic rings. The number of nitriles is 2. The monoisotopic (exact) mass is 290 g/mol. The van der Waals surface area contributed by atoms with Gasteiger partial charge in [-0.15, -0.1) is 0 Å². The first-order chi connectivity index (χ1) is 10.6. The van der Waals surface area contributed by atoms with Gasteiger partial charge in [0.1, 0.15) is 10.8 Å². The summed E-state index contributed by atoms with van der Waals surface area (Å²) in [5.41, 5.74) is -2.89. The summed E-state index contributed by atoms with van der Waals surface area (Å²) in [7, 11) is 0. The third kappa shape index (κ3) is 0.898. The number of hydrogen-bond donors (Lipinski definition) is 0. The minimum atomic E-state index is -1.45. The Morgan fingerprint density at radius 3 is 1.68 bits per heavy atom. The summed E-state index contributed by atoms with van der Waals surface area (Å²) in [4.78, 5) is 26.7. The van der Waals surface area contributed by atoms with Crippen LogP contribution in [-0.4, -0.2) is 11.6 Å². The van der Waals surface area contributed by atoms with Gasteiger partial charge in [0.2, 0.25) is 0 Å². The van der Waals surface area contributed by atoms with E-state index in [1.165, 1.54) is 0 Å². The van der Waals surface area contributed by atoms with Crippen molar-refractivity contribution >= 4 is 11.6 Å². The number of rotatable bonds is 0. The highest BCUT2D eigenvalue weighted by Gasteiger charge is 2.80. The summed E-state index contributed by atoms with van der Waals surface area (Å²) >= 11 is 0. The molecular weight excluding hydrogens is 276 g/mol. The molecule has 3 fully saturated rings. The maximum Gasteiger partial charge on any atom is 0.160 e. The van der Waals surface area contributed by atoms with E-state index in [0.29, 0.717) is 6.42 Å². The zero-order chi connectivity index (χ0) is 15.3. The average molecular weight is 290 g/mol. The first kappa shape index (κ1) is 12.4. The highest BCUT2D eigenvalue weighted by Crippen LogP contribution is 2.71. The molecular formula is C18H14N2O2.